The van der Waals surface area contributed by atoms with Crippen molar-refractivity contribution in [3.63, 3.8) is 0 Å². The summed E-state index contributed by atoms with van der Waals surface area (Å²) >= 11 is 0. The molecule has 1 aromatic carbocycles. The molecule has 2 fully saturated rings. The maximum absolute atomic E-state index is 12.7. The Hall–Kier alpha value is -3.09. The highest BCUT2D eigenvalue weighted by molar-refractivity contribution is 5.98. The number of rotatable bonds is 3. The van der Waals surface area contributed by atoms with Crippen molar-refractivity contribution in [2.45, 2.75) is 18.9 Å². The summed E-state index contributed by atoms with van der Waals surface area (Å²) in [7, 11) is 0. The van der Waals surface area contributed by atoms with Crippen LogP contribution in [0.2, 0.25) is 0 Å². The summed E-state index contributed by atoms with van der Waals surface area (Å²) in [6, 6.07) is 7.86. The number of carbonyl (C=O) groups is 2. The second-order valence-electron chi connectivity index (χ2n) is 6.97. The third kappa shape index (κ3) is 2.39. The van der Waals surface area contributed by atoms with Crippen LogP contribution in [0.15, 0.2) is 42.9 Å². The Balaban J connectivity index is 1.26. The van der Waals surface area contributed by atoms with Crippen LogP contribution < -0.4 is 4.90 Å². The molecule has 2 amide bonds. The predicted octanol–water partition coefficient (Wildman–Crippen LogP) is 2.19. The van der Waals surface area contributed by atoms with Gasteiger partial charge >= 0.3 is 0 Å². The zero-order valence-corrected chi connectivity index (χ0v) is 14.3. The van der Waals surface area contributed by atoms with Crippen LogP contribution in [0.25, 0.3) is 10.9 Å². The Kier molecular flexibility index (Phi) is 3.34. The Morgan fingerprint density at radius 1 is 1.23 bits per heavy atom. The number of fused-ring (bicyclic) bond motifs is 1. The van der Waals surface area contributed by atoms with E-state index in [0.717, 1.165) is 29.6 Å². The van der Waals surface area contributed by atoms with Gasteiger partial charge in [0.1, 0.15) is 0 Å². The van der Waals surface area contributed by atoms with Gasteiger partial charge in [-0.15, -0.1) is 0 Å². The molecule has 132 valence electrons. The Labute approximate surface area is 150 Å². The zero-order valence-electron chi connectivity index (χ0n) is 14.3. The maximum atomic E-state index is 12.7. The summed E-state index contributed by atoms with van der Waals surface area (Å²) in [4.78, 5) is 31.3. The van der Waals surface area contributed by atoms with Crippen molar-refractivity contribution in [2.75, 3.05) is 24.5 Å². The lowest BCUT2D eigenvalue weighted by atomic mass is 10.1. The number of carbonyl (C=O) groups excluding carboxylic acids is 2. The molecule has 2 aliphatic rings. The molecule has 0 aliphatic carbocycles. The van der Waals surface area contributed by atoms with E-state index in [4.69, 9.17) is 0 Å². The van der Waals surface area contributed by atoms with Gasteiger partial charge in [-0.3, -0.25) is 14.3 Å². The van der Waals surface area contributed by atoms with Gasteiger partial charge in [-0.25, -0.2) is 0 Å². The van der Waals surface area contributed by atoms with Gasteiger partial charge in [-0.1, -0.05) is 0 Å². The molecule has 0 saturated carbocycles. The topological polar surface area (TPSA) is 74.2 Å². The molecule has 2 aromatic heterocycles. The molecule has 0 spiro atoms. The van der Waals surface area contributed by atoms with E-state index >= 15 is 0 Å². The van der Waals surface area contributed by atoms with Crippen molar-refractivity contribution in [1.82, 2.24) is 19.7 Å². The van der Waals surface area contributed by atoms with Gasteiger partial charge in [0.15, 0.2) is 0 Å². The molecule has 0 radical (unpaired) electrons. The number of nitrogens with zero attached hydrogens (tertiary/aromatic N) is 4. The molecule has 0 atom stereocenters. The second-order valence-corrected chi connectivity index (χ2v) is 6.97. The van der Waals surface area contributed by atoms with E-state index in [1.807, 2.05) is 46.2 Å². The van der Waals surface area contributed by atoms with Crippen molar-refractivity contribution < 1.29 is 9.59 Å². The van der Waals surface area contributed by atoms with E-state index < -0.39 is 0 Å². The first kappa shape index (κ1) is 15.2. The van der Waals surface area contributed by atoms with E-state index in [1.54, 1.807) is 11.1 Å². The van der Waals surface area contributed by atoms with Crippen LogP contribution in [0.1, 0.15) is 29.2 Å². The number of nitrogens with one attached hydrogen (secondary N) is 1. The van der Waals surface area contributed by atoms with E-state index in [2.05, 4.69) is 10.1 Å². The van der Waals surface area contributed by atoms with Gasteiger partial charge < -0.3 is 14.8 Å². The normalized spacial score (nSPS) is 17.9. The van der Waals surface area contributed by atoms with Crippen LogP contribution in [-0.4, -0.2) is 51.1 Å². The molecule has 2 aliphatic heterocycles. The van der Waals surface area contributed by atoms with Gasteiger partial charge in [0, 0.05) is 54.9 Å². The largest absolute Gasteiger partial charge is 0.361 e. The van der Waals surface area contributed by atoms with Crippen molar-refractivity contribution >= 4 is 28.4 Å². The molecule has 26 heavy (non-hydrogen) atoms. The summed E-state index contributed by atoms with van der Waals surface area (Å²) < 4.78 is 1.88. The van der Waals surface area contributed by atoms with Crippen LogP contribution in [0, 0.1) is 0 Å². The van der Waals surface area contributed by atoms with Crippen molar-refractivity contribution in [3.8, 4) is 0 Å². The van der Waals surface area contributed by atoms with Crippen LogP contribution in [0.5, 0.6) is 0 Å². The monoisotopic (exact) mass is 349 g/mol. The van der Waals surface area contributed by atoms with Crippen molar-refractivity contribution in [2.24, 2.45) is 0 Å². The second kappa shape index (κ2) is 5.72. The average Bonchev–Trinajstić information content (AvgIpc) is 3.32. The first-order valence-corrected chi connectivity index (χ1v) is 8.90. The lowest BCUT2D eigenvalue weighted by molar-refractivity contribution is -0.117. The quantitative estimate of drug-likeness (QED) is 0.788. The molecule has 0 bridgehead atoms. The summed E-state index contributed by atoms with van der Waals surface area (Å²) in [5, 5.41) is 5.44. The van der Waals surface area contributed by atoms with Crippen LogP contribution in [0.3, 0.4) is 0 Å². The van der Waals surface area contributed by atoms with Gasteiger partial charge in [-0.2, -0.15) is 5.10 Å². The predicted molar refractivity (Wildman–Crippen MR) is 97.1 cm³/mol. The highest BCUT2D eigenvalue weighted by atomic mass is 16.2. The minimum Gasteiger partial charge on any atom is -0.361 e. The number of aromatic amines is 1. The van der Waals surface area contributed by atoms with E-state index in [-0.39, 0.29) is 17.9 Å². The first-order chi connectivity index (χ1) is 12.7. The van der Waals surface area contributed by atoms with Gasteiger partial charge in [-0.05, 0) is 30.7 Å². The lowest BCUT2D eigenvalue weighted by Gasteiger charge is -2.39. The summed E-state index contributed by atoms with van der Waals surface area (Å²) in [5.74, 6) is 0.210. The zero-order chi connectivity index (χ0) is 17.7. The highest BCUT2D eigenvalue weighted by Crippen LogP contribution is 2.27. The van der Waals surface area contributed by atoms with Crippen LogP contribution in [-0.2, 0) is 4.79 Å². The highest BCUT2D eigenvalue weighted by Gasteiger charge is 2.33. The summed E-state index contributed by atoms with van der Waals surface area (Å²) in [5.41, 5.74) is 2.60. The lowest BCUT2D eigenvalue weighted by Crippen LogP contribution is -2.50. The third-order valence-corrected chi connectivity index (χ3v) is 5.30. The Bertz CT molecular complexity index is 998. The smallest absolute Gasteiger partial charge is 0.254 e. The minimum absolute atomic E-state index is 0.0476. The third-order valence-electron chi connectivity index (χ3n) is 5.30. The van der Waals surface area contributed by atoms with Gasteiger partial charge in [0.2, 0.25) is 5.91 Å². The minimum atomic E-state index is 0.0476. The fourth-order valence-corrected chi connectivity index (χ4v) is 3.75. The van der Waals surface area contributed by atoms with Crippen molar-refractivity contribution in [1.29, 1.82) is 0 Å². The van der Waals surface area contributed by atoms with Crippen LogP contribution >= 0.6 is 0 Å². The average molecular weight is 349 g/mol. The first-order valence-electron chi connectivity index (χ1n) is 8.90. The van der Waals surface area contributed by atoms with Gasteiger partial charge in [0.05, 0.1) is 17.9 Å². The molecule has 4 heterocycles. The van der Waals surface area contributed by atoms with E-state index in [1.165, 1.54) is 0 Å². The molecule has 7 nitrogen and oxygen atoms in total. The molecule has 1 N–H and O–H groups in total. The standard InChI is InChI=1S/C19H19N5O2/c25-18-2-1-7-23(18)15-9-21-24(12-15)16-10-22(11-16)19(26)14-3-4-17-13(8-14)5-6-20-17/h3-6,8-9,12,16,20H,1-2,7,10-11H2. The molecule has 5 rings (SSSR count). The van der Waals surface area contributed by atoms with E-state index in [0.29, 0.717) is 25.1 Å². The fourth-order valence-electron chi connectivity index (χ4n) is 3.75. The molecular weight excluding hydrogens is 330 g/mol. The maximum Gasteiger partial charge on any atom is 0.254 e. The molecule has 2 saturated heterocycles. The molecular formula is C19H19N5O2. The van der Waals surface area contributed by atoms with Crippen molar-refractivity contribution in [3.05, 3.63) is 48.4 Å². The Morgan fingerprint density at radius 2 is 2.12 bits per heavy atom. The summed E-state index contributed by atoms with van der Waals surface area (Å²) in [6.07, 6.45) is 7.05. The number of amides is 2. The summed E-state index contributed by atoms with van der Waals surface area (Å²) in [6.45, 7) is 2.04. The molecule has 3 aromatic rings. The number of hydrogen-bond acceptors (Lipinski definition) is 3. The fraction of sp³-hybridized carbons (Fsp3) is 0.316. The number of aromatic nitrogens is 3. The SMILES string of the molecule is O=C(c1ccc2[nH]ccc2c1)N1CC(n2cc(N3CCCC3=O)cn2)C1. The number of hydrogen-bond donors (Lipinski definition) is 1. The van der Waals surface area contributed by atoms with E-state index in [9.17, 15) is 9.59 Å². The number of anilines is 1. The number of H-pyrrole nitrogens is 1. The van der Waals surface area contributed by atoms with Crippen LogP contribution in [0.4, 0.5) is 5.69 Å². The Morgan fingerprint density at radius 3 is 2.92 bits per heavy atom. The number of benzene rings is 1. The van der Waals surface area contributed by atoms with Gasteiger partial charge in [0.25, 0.3) is 5.91 Å². The molecule has 0 unspecified atom stereocenters. The molecule has 7 heteroatoms. The number of likely N-dealkylation sites (tertiary alicyclic amines) is 1.